The SMILES string of the molecule is COC(=O)c1ncn(C)c(=O)c1O. The Hall–Kier alpha value is -1.85. The summed E-state index contributed by atoms with van der Waals surface area (Å²) >= 11 is 0. The average Bonchev–Trinajstić information content (AvgIpc) is 2.13. The molecule has 1 N–H and O–H groups in total. The molecule has 0 aliphatic rings. The summed E-state index contributed by atoms with van der Waals surface area (Å²) in [6, 6.07) is 0. The largest absolute Gasteiger partial charge is 0.501 e. The van der Waals surface area contributed by atoms with Gasteiger partial charge in [0.25, 0.3) is 5.56 Å². The Kier molecular flexibility index (Phi) is 2.32. The van der Waals surface area contributed by atoms with Crippen molar-refractivity contribution in [3.05, 3.63) is 22.4 Å². The Morgan fingerprint density at radius 3 is 2.85 bits per heavy atom. The second kappa shape index (κ2) is 3.26. The minimum Gasteiger partial charge on any atom is -0.501 e. The molecular formula is C7H8N2O4. The summed E-state index contributed by atoms with van der Waals surface area (Å²) in [6.07, 6.45) is 1.13. The predicted molar refractivity (Wildman–Crippen MR) is 42.5 cm³/mol. The number of aromatic hydroxyl groups is 1. The molecular weight excluding hydrogens is 176 g/mol. The molecule has 1 aromatic heterocycles. The molecule has 1 rings (SSSR count). The second-order valence-corrected chi connectivity index (χ2v) is 2.35. The topological polar surface area (TPSA) is 81.4 Å². The van der Waals surface area contributed by atoms with Crippen LogP contribution < -0.4 is 5.56 Å². The first-order chi connectivity index (χ1) is 6.07. The van der Waals surface area contributed by atoms with Gasteiger partial charge in [-0.2, -0.15) is 0 Å². The normalized spacial score (nSPS) is 9.69. The van der Waals surface area contributed by atoms with Gasteiger partial charge < -0.3 is 9.84 Å². The van der Waals surface area contributed by atoms with E-state index in [9.17, 15) is 14.7 Å². The molecule has 0 aliphatic heterocycles. The lowest BCUT2D eigenvalue weighted by Gasteiger charge is -2.01. The lowest BCUT2D eigenvalue weighted by Crippen LogP contribution is -2.20. The Bertz CT molecular complexity index is 396. The highest BCUT2D eigenvalue weighted by Gasteiger charge is 2.16. The molecule has 70 valence electrons. The van der Waals surface area contributed by atoms with Gasteiger partial charge in [-0.05, 0) is 0 Å². The van der Waals surface area contributed by atoms with E-state index >= 15 is 0 Å². The molecule has 0 amide bonds. The lowest BCUT2D eigenvalue weighted by molar-refractivity contribution is 0.0589. The predicted octanol–water partition coefficient (Wildman–Crippen LogP) is -0.727. The number of carbonyl (C=O) groups is 1. The summed E-state index contributed by atoms with van der Waals surface area (Å²) in [6.45, 7) is 0. The number of esters is 1. The number of aryl methyl sites for hydroxylation is 1. The van der Waals surface area contributed by atoms with Crippen LogP contribution in [0.15, 0.2) is 11.1 Å². The summed E-state index contributed by atoms with van der Waals surface area (Å²) in [5, 5.41) is 9.18. The van der Waals surface area contributed by atoms with Crippen LogP contribution in [0, 0.1) is 0 Å². The van der Waals surface area contributed by atoms with Crippen molar-refractivity contribution in [2.45, 2.75) is 0 Å². The summed E-state index contributed by atoms with van der Waals surface area (Å²) < 4.78 is 5.36. The minimum absolute atomic E-state index is 0.370. The van der Waals surface area contributed by atoms with Gasteiger partial charge in [0, 0.05) is 7.05 Å². The highest BCUT2D eigenvalue weighted by molar-refractivity contribution is 5.89. The molecule has 0 spiro atoms. The molecule has 6 nitrogen and oxygen atoms in total. The first-order valence-corrected chi connectivity index (χ1v) is 3.41. The van der Waals surface area contributed by atoms with Crippen molar-refractivity contribution < 1.29 is 14.6 Å². The van der Waals surface area contributed by atoms with Gasteiger partial charge in [0.05, 0.1) is 13.4 Å². The van der Waals surface area contributed by atoms with Crippen LogP contribution in [-0.4, -0.2) is 27.7 Å². The number of hydrogen-bond acceptors (Lipinski definition) is 5. The van der Waals surface area contributed by atoms with E-state index in [1.165, 1.54) is 7.05 Å². The van der Waals surface area contributed by atoms with Crippen LogP contribution in [-0.2, 0) is 11.8 Å². The maximum absolute atomic E-state index is 11.1. The molecule has 0 bridgehead atoms. The van der Waals surface area contributed by atoms with Crippen LogP contribution in [0.1, 0.15) is 10.5 Å². The lowest BCUT2D eigenvalue weighted by atomic mass is 10.4. The monoisotopic (exact) mass is 184 g/mol. The van der Waals surface area contributed by atoms with Crippen LogP contribution in [0.25, 0.3) is 0 Å². The quantitative estimate of drug-likeness (QED) is 0.582. The summed E-state index contributed by atoms with van der Waals surface area (Å²) in [7, 11) is 2.55. The second-order valence-electron chi connectivity index (χ2n) is 2.35. The van der Waals surface area contributed by atoms with Crippen molar-refractivity contribution in [3.63, 3.8) is 0 Å². The molecule has 6 heteroatoms. The Morgan fingerprint density at radius 1 is 1.69 bits per heavy atom. The maximum atomic E-state index is 11.1. The average molecular weight is 184 g/mol. The van der Waals surface area contributed by atoms with E-state index in [0.717, 1.165) is 18.0 Å². The summed E-state index contributed by atoms with van der Waals surface area (Å²) in [5.41, 5.74) is -1.05. The molecule has 0 aliphatic carbocycles. The Labute approximate surface area is 73.4 Å². The Balaban J connectivity index is 3.35. The smallest absolute Gasteiger partial charge is 0.360 e. The van der Waals surface area contributed by atoms with Gasteiger partial charge in [0.15, 0.2) is 5.69 Å². The number of hydrogen-bond donors (Lipinski definition) is 1. The van der Waals surface area contributed by atoms with E-state index in [0.29, 0.717) is 0 Å². The number of aromatic nitrogens is 2. The van der Waals surface area contributed by atoms with E-state index < -0.39 is 17.3 Å². The third kappa shape index (κ3) is 1.51. The number of carbonyl (C=O) groups excluding carboxylic acids is 1. The van der Waals surface area contributed by atoms with Crippen molar-refractivity contribution in [1.29, 1.82) is 0 Å². The highest BCUT2D eigenvalue weighted by atomic mass is 16.5. The fraction of sp³-hybridized carbons (Fsp3) is 0.286. The summed E-state index contributed by atoms with van der Waals surface area (Å²) in [5.74, 6) is -1.54. The van der Waals surface area contributed by atoms with Crippen molar-refractivity contribution in [2.75, 3.05) is 7.11 Å². The van der Waals surface area contributed by atoms with Crippen molar-refractivity contribution in [1.82, 2.24) is 9.55 Å². The van der Waals surface area contributed by atoms with Crippen LogP contribution in [0.3, 0.4) is 0 Å². The summed E-state index contributed by atoms with van der Waals surface area (Å²) in [4.78, 5) is 25.5. The molecule has 0 saturated carbocycles. The first-order valence-electron chi connectivity index (χ1n) is 3.41. The van der Waals surface area contributed by atoms with Crippen LogP contribution in [0.5, 0.6) is 5.75 Å². The van der Waals surface area contributed by atoms with Gasteiger partial charge in [0.1, 0.15) is 0 Å². The third-order valence-electron chi connectivity index (χ3n) is 1.49. The molecule has 1 aromatic rings. The van der Waals surface area contributed by atoms with Gasteiger partial charge >= 0.3 is 5.97 Å². The van der Waals surface area contributed by atoms with Gasteiger partial charge in [-0.15, -0.1) is 0 Å². The molecule has 0 radical (unpaired) electrons. The van der Waals surface area contributed by atoms with Gasteiger partial charge in [-0.3, -0.25) is 9.36 Å². The standard InChI is InChI=1S/C7H8N2O4/c1-9-3-8-4(7(12)13-2)5(10)6(9)11/h3,10H,1-2H3. The van der Waals surface area contributed by atoms with Crippen molar-refractivity contribution in [3.8, 4) is 5.75 Å². The van der Waals surface area contributed by atoms with E-state index in [-0.39, 0.29) is 5.69 Å². The highest BCUT2D eigenvalue weighted by Crippen LogP contribution is 2.07. The number of rotatable bonds is 1. The van der Waals surface area contributed by atoms with Crippen LogP contribution in [0.2, 0.25) is 0 Å². The van der Waals surface area contributed by atoms with Crippen molar-refractivity contribution >= 4 is 5.97 Å². The van der Waals surface area contributed by atoms with Crippen molar-refractivity contribution in [2.24, 2.45) is 7.05 Å². The molecule has 0 aromatic carbocycles. The third-order valence-corrected chi connectivity index (χ3v) is 1.49. The van der Waals surface area contributed by atoms with Gasteiger partial charge in [-0.25, -0.2) is 9.78 Å². The first kappa shape index (κ1) is 9.24. The molecule has 0 unspecified atom stereocenters. The van der Waals surface area contributed by atoms with E-state index in [1.807, 2.05) is 0 Å². The Morgan fingerprint density at radius 2 is 2.31 bits per heavy atom. The molecule has 0 fully saturated rings. The zero-order chi connectivity index (χ0) is 10.0. The zero-order valence-electron chi connectivity index (χ0n) is 7.14. The van der Waals surface area contributed by atoms with Gasteiger partial charge in [-0.1, -0.05) is 0 Å². The fourth-order valence-corrected chi connectivity index (χ4v) is 0.772. The van der Waals surface area contributed by atoms with Crippen LogP contribution in [0.4, 0.5) is 0 Å². The van der Waals surface area contributed by atoms with Gasteiger partial charge in [0.2, 0.25) is 5.75 Å². The van der Waals surface area contributed by atoms with Crippen LogP contribution >= 0.6 is 0 Å². The molecule has 0 atom stereocenters. The fourth-order valence-electron chi connectivity index (χ4n) is 0.772. The maximum Gasteiger partial charge on any atom is 0.360 e. The number of nitrogens with zero attached hydrogens (tertiary/aromatic N) is 2. The molecule has 13 heavy (non-hydrogen) atoms. The zero-order valence-corrected chi connectivity index (χ0v) is 7.14. The minimum atomic E-state index is -0.838. The number of ether oxygens (including phenoxy) is 1. The number of methoxy groups -OCH3 is 1. The molecule has 1 heterocycles. The molecule has 0 saturated heterocycles. The van der Waals surface area contributed by atoms with E-state index in [4.69, 9.17) is 0 Å². The van der Waals surface area contributed by atoms with E-state index in [1.54, 1.807) is 0 Å². The van der Waals surface area contributed by atoms with E-state index in [2.05, 4.69) is 9.72 Å².